The molecule has 19 heavy (non-hydrogen) atoms. The predicted octanol–water partition coefficient (Wildman–Crippen LogP) is 3.33. The summed E-state index contributed by atoms with van der Waals surface area (Å²) in [7, 11) is 0. The van der Waals surface area contributed by atoms with Crippen molar-refractivity contribution in [2.24, 2.45) is 0 Å². The molecule has 1 unspecified atom stereocenters. The third kappa shape index (κ3) is 4.82. The van der Waals surface area contributed by atoms with Crippen LogP contribution in [-0.4, -0.2) is 34.1 Å². The highest BCUT2D eigenvalue weighted by Crippen LogP contribution is 2.19. The van der Waals surface area contributed by atoms with Gasteiger partial charge in [-0.25, -0.2) is 0 Å². The van der Waals surface area contributed by atoms with Crippen molar-refractivity contribution >= 4 is 17.5 Å². The SMILES string of the molecule is CCCCN(c1nc(Cl)nc(OCC)n1)C(C)CC. The van der Waals surface area contributed by atoms with Crippen molar-refractivity contribution in [1.29, 1.82) is 0 Å². The molecule has 0 bridgehead atoms. The van der Waals surface area contributed by atoms with Crippen molar-refractivity contribution in [3.05, 3.63) is 5.28 Å². The van der Waals surface area contributed by atoms with E-state index in [4.69, 9.17) is 16.3 Å². The van der Waals surface area contributed by atoms with E-state index in [1.165, 1.54) is 0 Å². The molecule has 0 aliphatic heterocycles. The monoisotopic (exact) mass is 286 g/mol. The number of hydrogen-bond donors (Lipinski definition) is 0. The molecule has 0 radical (unpaired) electrons. The maximum atomic E-state index is 5.94. The van der Waals surface area contributed by atoms with Gasteiger partial charge in [-0.05, 0) is 38.3 Å². The molecule has 6 heteroatoms. The Kier molecular flexibility index (Phi) is 6.84. The van der Waals surface area contributed by atoms with Gasteiger partial charge in [0, 0.05) is 12.6 Å². The van der Waals surface area contributed by atoms with E-state index in [9.17, 15) is 0 Å². The van der Waals surface area contributed by atoms with E-state index >= 15 is 0 Å². The summed E-state index contributed by atoms with van der Waals surface area (Å²) >= 11 is 5.94. The van der Waals surface area contributed by atoms with Gasteiger partial charge >= 0.3 is 6.01 Å². The maximum absolute atomic E-state index is 5.94. The first-order valence-electron chi connectivity index (χ1n) is 6.93. The normalized spacial score (nSPS) is 12.3. The van der Waals surface area contributed by atoms with E-state index in [-0.39, 0.29) is 5.28 Å². The standard InChI is InChI=1S/C13H23ClN4O/c1-5-8-9-18(10(4)6-2)12-15-11(14)16-13(17-12)19-7-3/h10H,5-9H2,1-4H3. The van der Waals surface area contributed by atoms with Gasteiger partial charge in [-0.3, -0.25) is 0 Å². The fourth-order valence-electron chi connectivity index (χ4n) is 1.71. The quantitative estimate of drug-likeness (QED) is 0.734. The van der Waals surface area contributed by atoms with Crippen molar-refractivity contribution < 1.29 is 4.74 Å². The highest BCUT2D eigenvalue weighted by molar-refractivity contribution is 6.28. The molecule has 5 nitrogen and oxygen atoms in total. The van der Waals surface area contributed by atoms with E-state index in [0.29, 0.717) is 24.6 Å². The minimum absolute atomic E-state index is 0.179. The molecule has 0 aromatic carbocycles. The molecule has 0 fully saturated rings. The van der Waals surface area contributed by atoms with E-state index < -0.39 is 0 Å². The van der Waals surface area contributed by atoms with Crippen LogP contribution in [0.5, 0.6) is 6.01 Å². The smallest absolute Gasteiger partial charge is 0.322 e. The Labute approximate surface area is 120 Å². The zero-order valence-electron chi connectivity index (χ0n) is 12.2. The number of rotatable bonds is 8. The third-order valence-corrected chi connectivity index (χ3v) is 3.15. The van der Waals surface area contributed by atoms with E-state index in [1.54, 1.807) is 0 Å². The van der Waals surface area contributed by atoms with Crippen LogP contribution in [0.1, 0.15) is 47.0 Å². The zero-order valence-corrected chi connectivity index (χ0v) is 12.9. The van der Waals surface area contributed by atoms with Crippen LogP contribution in [0.15, 0.2) is 0 Å². The lowest BCUT2D eigenvalue weighted by atomic mass is 10.2. The van der Waals surface area contributed by atoms with E-state index in [1.807, 2.05) is 6.92 Å². The van der Waals surface area contributed by atoms with Crippen LogP contribution in [0.2, 0.25) is 5.28 Å². The lowest BCUT2D eigenvalue weighted by Crippen LogP contribution is -2.35. The molecule has 0 saturated carbocycles. The Morgan fingerprint density at radius 3 is 2.53 bits per heavy atom. The van der Waals surface area contributed by atoms with Crippen molar-refractivity contribution in [3.63, 3.8) is 0 Å². The molecule has 1 heterocycles. The minimum atomic E-state index is 0.179. The van der Waals surface area contributed by atoms with Crippen LogP contribution in [0, 0.1) is 0 Å². The molecule has 1 aromatic heterocycles. The molecule has 0 aliphatic carbocycles. The van der Waals surface area contributed by atoms with Crippen molar-refractivity contribution in [1.82, 2.24) is 15.0 Å². The van der Waals surface area contributed by atoms with Crippen molar-refractivity contribution in [2.45, 2.75) is 53.0 Å². The largest absolute Gasteiger partial charge is 0.464 e. The van der Waals surface area contributed by atoms with Crippen LogP contribution in [0.3, 0.4) is 0 Å². The summed E-state index contributed by atoms with van der Waals surface area (Å²) in [4.78, 5) is 14.7. The summed E-state index contributed by atoms with van der Waals surface area (Å²) in [5.41, 5.74) is 0. The van der Waals surface area contributed by atoms with Crippen LogP contribution in [-0.2, 0) is 0 Å². The molecule has 0 aliphatic rings. The van der Waals surface area contributed by atoms with Crippen LogP contribution in [0.4, 0.5) is 5.95 Å². The van der Waals surface area contributed by atoms with Crippen LogP contribution >= 0.6 is 11.6 Å². The van der Waals surface area contributed by atoms with Gasteiger partial charge in [-0.15, -0.1) is 0 Å². The van der Waals surface area contributed by atoms with Gasteiger partial charge in [0.05, 0.1) is 6.61 Å². The molecule has 1 aromatic rings. The van der Waals surface area contributed by atoms with E-state index in [0.717, 1.165) is 25.8 Å². The molecule has 1 atom stereocenters. The second-order valence-electron chi connectivity index (χ2n) is 4.42. The number of unbranched alkanes of at least 4 members (excludes halogenated alkanes) is 1. The Morgan fingerprint density at radius 2 is 1.95 bits per heavy atom. The molecule has 1 rings (SSSR count). The third-order valence-electron chi connectivity index (χ3n) is 2.98. The Balaban J connectivity index is 2.99. The Bertz CT molecular complexity index is 389. The van der Waals surface area contributed by atoms with Gasteiger partial charge in [-0.2, -0.15) is 15.0 Å². The fraction of sp³-hybridized carbons (Fsp3) is 0.769. The molecule has 0 amide bonds. The molecular weight excluding hydrogens is 264 g/mol. The summed E-state index contributed by atoms with van der Waals surface area (Å²) in [6.07, 6.45) is 3.25. The molecule has 0 saturated heterocycles. The lowest BCUT2D eigenvalue weighted by Gasteiger charge is -2.28. The number of ether oxygens (including phenoxy) is 1. The molecular formula is C13H23ClN4O. The van der Waals surface area contributed by atoms with E-state index in [2.05, 4.69) is 40.6 Å². The summed E-state index contributed by atoms with van der Waals surface area (Å²) in [6.45, 7) is 9.79. The fourth-order valence-corrected chi connectivity index (χ4v) is 1.86. The molecule has 0 N–H and O–H groups in total. The Hall–Kier alpha value is -1.10. The minimum Gasteiger partial charge on any atom is -0.464 e. The molecule has 108 valence electrons. The van der Waals surface area contributed by atoms with Gasteiger partial charge in [0.2, 0.25) is 11.2 Å². The number of aromatic nitrogens is 3. The first-order chi connectivity index (χ1) is 9.12. The highest BCUT2D eigenvalue weighted by Gasteiger charge is 2.17. The predicted molar refractivity (Wildman–Crippen MR) is 78.0 cm³/mol. The molecule has 0 spiro atoms. The van der Waals surface area contributed by atoms with Gasteiger partial charge in [0.25, 0.3) is 0 Å². The van der Waals surface area contributed by atoms with Crippen LogP contribution in [0.25, 0.3) is 0 Å². The second kappa shape index (κ2) is 8.15. The first-order valence-corrected chi connectivity index (χ1v) is 7.31. The van der Waals surface area contributed by atoms with Gasteiger partial charge < -0.3 is 9.64 Å². The Morgan fingerprint density at radius 1 is 1.21 bits per heavy atom. The van der Waals surface area contributed by atoms with Crippen LogP contribution < -0.4 is 9.64 Å². The topological polar surface area (TPSA) is 51.1 Å². The summed E-state index contributed by atoms with van der Waals surface area (Å²) in [5.74, 6) is 0.603. The summed E-state index contributed by atoms with van der Waals surface area (Å²) in [6, 6.07) is 0.654. The summed E-state index contributed by atoms with van der Waals surface area (Å²) in [5, 5.41) is 0.179. The number of hydrogen-bond acceptors (Lipinski definition) is 5. The average molecular weight is 287 g/mol. The number of nitrogens with zero attached hydrogens (tertiary/aromatic N) is 4. The lowest BCUT2D eigenvalue weighted by molar-refractivity contribution is 0.311. The maximum Gasteiger partial charge on any atom is 0.322 e. The average Bonchev–Trinajstić information content (AvgIpc) is 2.38. The van der Waals surface area contributed by atoms with Crippen molar-refractivity contribution in [2.75, 3.05) is 18.1 Å². The van der Waals surface area contributed by atoms with Gasteiger partial charge in [0.15, 0.2) is 0 Å². The van der Waals surface area contributed by atoms with Gasteiger partial charge in [-0.1, -0.05) is 20.3 Å². The first kappa shape index (κ1) is 16.0. The number of halogens is 1. The highest BCUT2D eigenvalue weighted by atomic mass is 35.5. The zero-order chi connectivity index (χ0) is 14.3. The van der Waals surface area contributed by atoms with Crippen molar-refractivity contribution in [3.8, 4) is 6.01 Å². The summed E-state index contributed by atoms with van der Waals surface area (Å²) < 4.78 is 5.32. The second-order valence-corrected chi connectivity index (χ2v) is 4.76. The van der Waals surface area contributed by atoms with Gasteiger partial charge in [0.1, 0.15) is 0 Å². The number of anilines is 1.